The number of sulfone groups is 1. The molecule has 4 rings (SSSR count). The molecule has 0 spiro atoms. The highest BCUT2D eigenvalue weighted by atomic mass is 32.2. The Bertz CT molecular complexity index is 531. The summed E-state index contributed by atoms with van der Waals surface area (Å²) in [4.78, 5) is 0.441. The van der Waals surface area contributed by atoms with Crippen molar-refractivity contribution < 1.29 is 8.42 Å². The van der Waals surface area contributed by atoms with Crippen molar-refractivity contribution in [2.45, 2.75) is 24.2 Å². The molecule has 0 radical (unpaired) electrons. The largest absolute Gasteiger partial charge is 0.257 e. The van der Waals surface area contributed by atoms with Crippen LogP contribution in [0.2, 0.25) is 0 Å². The van der Waals surface area contributed by atoms with E-state index < -0.39 is 9.84 Å². The second kappa shape index (κ2) is 3.98. The van der Waals surface area contributed by atoms with Crippen molar-refractivity contribution in [2.24, 2.45) is 11.8 Å². The standard InChI is InChI=1S/C14H15O2S/c15-17(16,13-4-2-1-3-5-13)14-10-11-6-8-12(14)9-7-11/h1-6,8,11-12H,7,9-10H2/q-1/t11-,12+/m1/s1. The van der Waals surface area contributed by atoms with Crippen LogP contribution in [-0.4, -0.2) is 8.42 Å². The third-order valence-electron chi connectivity index (χ3n) is 3.74. The predicted octanol–water partition coefficient (Wildman–Crippen LogP) is 2.98. The number of benzene rings is 1. The molecule has 1 aromatic rings. The molecule has 0 aliphatic heterocycles. The minimum absolute atomic E-state index is 0.144. The lowest BCUT2D eigenvalue weighted by Crippen LogP contribution is -2.31. The van der Waals surface area contributed by atoms with Crippen molar-refractivity contribution in [1.29, 1.82) is 0 Å². The van der Waals surface area contributed by atoms with E-state index in [1.807, 2.05) is 6.07 Å². The molecule has 3 aliphatic carbocycles. The van der Waals surface area contributed by atoms with E-state index in [0.29, 0.717) is 10.8 Å². The number of hydrogen-bond acceptors (Lipinski definition) is 2. The third kappa shape index (κ3) is 1.82. The quantitative estimate of drug-likeness (QED) is 0.594. The van der Waals surface area contributed by atoms with Gasteiger partial charge in [0.05, 0.1) is 9.84 Å². The number of rotatable bonds is 2. The summed E-state index contributed by atoms with van der Waals surface area (Å²) in [6.45, 7) is 0. The van der Waals surface area contributed by atoms with Gasteiger partial charge in [-0.3, -0.25) is 8.42 Å². The number of fused-ring (bicyclic) bond motifs is 2. The summed E-state index contributed by atoms with van der Waals surface area (Å²) in [5, 5.41) is 0.724. The Kier molecular flexibility index (Phi) is 2.58. The highest BCUT2D eigenvalue weighted by Crippen LogP contribution is 2.46. The summed E-state index contributed by atoms with van der Waals surface area (Å²) in [5.41, 5.74) is 0. The molecule has 1 aromatic carbocycles. The highest BCUT2D eigenvalue weighted by molar-refractivity contribution is 7.94. The Hall–Kier alpha value is -1.09. The Morgan fingerprint density at radius 3 is 2.35 bits per heavy atom. The molecule has 17 heavy (non-hydrogen) atoms. The Morgan fingerprint density at radius 2 is 1.82 bits per heavy atom. The molecule has 1 fully saturated rings. The molecule has 3 heteroatoms. The zero-order chi connectivity index (χ0) is 11.9. The van der Waals surface area contributed by atoms with Crippen molar-refractivity contribution in [3.63, 3.8) is 0 Å². The minimum Gasteiger partial charge on any atom is -0.257 e. The van der Waals surface area contributed by atoms with Crippen LogP contribution in [0.3, 0.4) is 0 Å². The van der Waals surface area contributed by atoms with E-state index in [1.54, 1.807) is 24.3 Å². The predicted molar refractivity (Wildman–Crippen MR) is 66.8 cm³/mol. The lowest BCUT2D eigenvalue weighted by Gasteiger charge is -2.47. The first-order valence-electron chi connectivity index (χ1n) is 6.02. The molecule has 0 heterocycles. The molecule has 2 bridgehead atoms. The molecule has 0 N–H and O–H groups in total. The van der Waals surface area contributed by atoms with Crippen LogP contribution < -0.4 is 0 Å². The molecule has 90 valence electrons. The van der Waals surface area contributed by atoms with Gasteiger partial charge >= 0.3 is 0 Å². The average Bonchev–Trinajstić information content (AvgIpc) is 2.41. The zero-order valence-corrected chi connectivity index (χ0v) is 10.4. The summed E-state index contributed by atoms with van der Waals surface area (Å²) in [6.07, 6.45) is 7.10. The maximum atomic E-state index is 12.5. The van der Waals surface area contributed by atoms with Crippen LogP contribution in [0.25, 0.3) is 0 Å². The van der Waals surface area contributed by atoms with Gasteiger partial charge in [0.2, 0.25) is 0 Å². The highest BCUT2D eigenvalue weighted by Gasteiger charge is 2.29. The van der Waals surface area contributed by atoms with E-state index in [9.17, 15) is 8.42 Å². The molecule has 2 atom stereocenters. The van der Waals surface area contributed by atoms with Crippen LogP contribution in [0.15, 0.2) is 47.4 Å². The van der Waals surface area contributed by atoms with Crippen LogP contribution >= 0.6 is 0 Å². The molecular formula is C14H15O2S-. The van der Waals surface area contributed by atoms with Gasteiger partial charge in [-0.15, -0.1) is 12.0 Å². The first-order valence-corrected chi connectivity index (χ1v) is 7.50. The summed E-state index contributed by atoms with van der Waals surface area (Å²) >= 11 is 0. The molecule has 0 unspecified atom stereocenters. The van der Waals surface area contributed by atoms with E-state index in [2.05, 4.69) is 12.2 Å². The van der Waals surface area contributed by atoms with Gasteiger partial charge in [-0.2, -0.15) is 11.7 Å². The van der Waals surface area contributed by atoms with Gasteiger partial charge in [0.1, 0.15) is 0 Å². The average molecular weight is 247 g/mol. The SMILES string of the molecule is O=S(=O)(c1ccccc1)[C-]1C[C@@H]2C=C[C@H]1CC2. The molecule has 0 amide bonds. The fourth-order valence-corrected chi connectivity index (χ4v) is 4.63. The smallest absolute Gasteiger partial charge is 0.0550 e. The monoisotopic (exact) mass is 247 g/mol. The van der Waals surface area contributed by atoms with Gasteiger partial charge in [-0.25, -0.2) is 0 Å². The topological polar surface area (TPSA) is 34.1 Å². The van der Waals surface area contributed by atoms with Crippen molar-refractivity contribution in [3.05, 3.63) is 47.7 Å². The van der Waals surface area contributed by atoms with Crippen molar-refractivity contribution >= 4 is 9.84 Å². The Balaban J connectivity index is 1.97. The Morgan fingerprint density at radius 1 is 1.06 bits per heavy atom. The van der Waals surface area contributed by atoms with Crippen LogP contribution in [0.1, 0.15) is 19.3 Å². The van der Waals surface area contributed by atoms with Crippen LogP contribution in [-0.2, 0) is 9.84 Å². The van der Waals surface area contributed by atoms with Gasteiger partial charge in [0.25, 0.3) is 0 Å². The lowest BCUT2D eigenvalue weighted by atomic mass is 9.76. The van der Waals surface area contributed by atoms with Gasteiger partial charge in [-0.1, -0.05) is 37.1 Å². The van der Waals surface area contributed by atoms with Crippen LogP contribution in [0, 0.1) is 17.1 Å². The molecule has 0 aromatic heterocycles. The first-order chi connectivity index (χ1) is 8.18. The van der Waals surface area contributed by atoms with Crippen LogP contribution in [0.4, 0.5) is 0 Å². The molecular weight excluding hydrogens is 232 g/mol. The molecule has 2 nitrogen and oxygen atoms in total. The molecule has 0 saturated heterocycles. The first kappa shape index (κ1) is 11.0. The van der Waals surface area contributed by atoms with E-state index in [4.69, 9.17) is 0 Å². The van der Waals surface area contributed by atoms with Gasteiger partial charge < -0.3 is 0 Å². The summed E-state index contributed by atoms with van der Waals surface area (Å²) in [5.74, 6) is 0.582. The summed E-state index contributed by atoms with van der Waals surface area (Å²) in [6, 6.07) is 8.79. The van der Waals surface area contributed by atoms with Crippen molar-refractivity contribution in [1.82, 2.24) is 0 Å². The van der Waals surface area contributed by atoms with E-state index >= 15 is 0 Å². The van der Waals surface area contributed by atoms with E-state index in [0.717, 1.165) is 24.5 Å². The second-order valence-corrected chi connectivity index (χ2v) is 6.82. The van der Waals surface area contributed by atoms with Crippen LogP contribution in [0.5, 0.6) is 0 Å². The summed E-state index contributed by atoms with van der Waals surface area (Å²) < 4.78 is 25.0. The maximum absolute atomic E-state index is 12.5. The van der Waals surface area contributed by atoms with Gasteiger partial charge in [-0.05, 0) is 18.1 Å². The van der Waals surface area contributed by atoms with Gasteiger partial charge in [0, 0.05) is 4.90 Å². The number of allylic oxidation sites excluding steroid dienone is 2. The lowest BCUT2D eigenvalue weighted by molar-refractivity contribution is 0.383. The maximum Gasteiger partial charge on any atom is 0.0550 e. The fourth-order valence-electron chi connectivity index (χ4n) is 2.79. The van der Waals surface area contributed by atoms with Gasteiger partial charge in [0.15, 0.2) is 0 Å². The molecule has 1 saturated carbocycles. The van der Waals surface area contributed by atoms with Crippen molar-refractivity contribution in [3.8, 4) is 0 Å². The fraction of sp³-hybridized carbons (Fsp3) is 0.357. The normalized spacial score (nSPS) is 28.5. The zero-order valence-electron chi connectivity index (χ0n) is 9.54. The summed E-state index contributed by atoms with van der Waals surface area (Å²) in [7, 11) is -3.23. The minimum atomic E-state index is -3.23. The third-order valence-corrected chi connectivity index (χ3v) is 5.79. The van der Waals surface area contributed by atoms with E-state index in [1.165, 1.54) is 0 Å². The van der Waals surface area contributed by atoms with Crippen molar-refractivity contribution in [2.75, 3.05) is 0 Å². The Labute approximate surface area is 102 Å². The molecule has 3 aliphatic rings. The second-order valence-electron chi connectivity index (χ2n) is 4.82. The number of hydrogen-bond donors (Lipinski definition) is 0. The van der Waals surface area contributed by atoms with E-state index in [-0.39, 0.29) is 5.92 Å².